The van der Waals surface area contributed by atoms with Crippen LogP contribution in [0.15, 0.2) is 0 Å². The van der Waals surface area contributed by atoms with E-state index in [9.17, 15) is 0 Å². The van der Waals surface area contributed by atoms with E-state index in [2.05, 4.69) is 0 Å². The van der Waals surface area contributed by atoms with Crippen LogP contribution < -0.4 is 0 Å². The van der Waals surface area contributed by atoms with Crippen LogP contribution in [0.5, 0.6) is 0 Å². The number of rotatable bonds is 0. The second kappa shape index (κ2) is 23.5. The summed E-state index contributed by atoms with van der Waals surface area (Å²) in [5, 5.41) is 0. The molecule has 0 nitrogen and oxygen atoms in total. The molecule has 0 fully saturated rings. The van der Waals surface area contributed by atoms with Gasteiger partial charge >= 0.3 is 0 Å². The summed E-state index contributed by atoms with van der Waals surface area (Å²) in [5.74, 6) is -149. The van der Waals surface area contributed by atoms with Crippen molar-refractivity contribution in [2.24, 2.45) is 0 Å². The van der Waals surface area contributed by atoms with Crippen molar-refractivity contribution in [1.29, 1.82) is 0 Å². The minimum absolute atomic E-state index is 3.32. The van der Waals surface area contributed by atoms with E-state index in [-0.39, 0.29) is 0 Å². The summed E-state index contributed by atoms with van der Waals surface area (Å²) < 4.78 is 635. The standard InChI is InChI=1S/C60F40/c61-21-1-2-23(63)27(67)5(28(68)24(2)64)6-31(71)35(75)9(36(76)32(6)72)10-39(79)43(83)13(44(84)40(10)80)14-47(87)51(91)17(52(92)48(14)88)18-55(95)59(99)20(60(100)56(18)96)19-57(97)53(93)16(54(94)58(19)98)15-49(89)45(85)12(46(86)50(15)90)11-41(81)37(77)8(38(78)42(11)82)7-33(73)29(69)4(30(70)34(7)74)3(25(21)65)26(66)22(1)62. The summed E-state index contributed by atoms with van der Waals surface area (Å²) in [5.41, 5.74) is -66.5. The number of hydrogen-bond acceptors (Lipinski definition) is 0. The SMILES string of the molecule is Fc1c(F)c2c(F)c(F)c1-c1c(F)c(F)c(c(F)c1F)-c1c(F)c(F)c(c(F)c1F)-c1c(F)c(F)c(c(F)c1F)-c1c(F)c(F)c(c(F)c1F)-c1c(F)c(F)c(c(F)c1F)-c1c(F)c(F)c(c(F)c1F)-c1c(F)c(F)c(c(F)c1F)-c1c(F)c(F)c(c(F)c1F)-c1c(F)c(F)c-2c(F)c1F. The average molecular weight is 1480 g/mol. The van der Waals surface area contributed by atoms with Crippen molar-refractivity contribution in [2.75, 3.05) is 0 Å². The number of benzene rings is 10. The Morgan fingerprint density at radius 3 is 0.0900 bits per heavy atom. The van der Waals surface area contributed by atoms with Crippen molar-refractivity contribution >= 4 is 0 Å². The predicted molar refractivity (Wildman–Crippen MR) is 253 cm³/mol. The highest BCUT2D eigenvalue weighted by atomic mass is 19.2. The van der Waals surface area contributed by atoms with E-state index in [4.69, 9.17) is 0 Å². The molecule has 28 aliphatic carbocycles. The molecule has 0 unspecified atom stereocenters. The molecule has 0 N–H and O–H groups in total. The summed E-state index contributed by atoms with van der Waals surface area (Å²) in [6.45, 7) is 0. The summed E-state index contributed by atoms with van der Waals surface area (Å²) in [6, 6.07) is 0. The Morgan fingerprint density at radius 1 is 0.0500 bits per heavy atom. The van der Waals surface area contributed by atoms with E-state index in [0.29, 0.717) is 0 Å². The average Bonchev–Trinajstić information content (AvgIpc) is 0.726. The first-order valence-electron chi connectivity index (χ1n) is 25.1. The fraction of sp³-hybridized carbons (Fsp3) is 0. The highest BCUT2D eigenvalue weighted by Crippen LogP contribution is 2.53. The molecule has 0 heterocycles. The second-order valence-corrected chi connectivity index (χ2v) is 20.1. The van der Waals surface area contributed by atoms with Crippen LogP contribution in [0.25, 0.3) is 111 Å². The lowest BCUT2D eigenvalue weighted by molar-refractivity contribution is 0.430. The number of hydrogen-bond donors (Lipinski definition) is 0. The summed E-state index contributed by atoms with van der Waals surface area (Å²) in [6.07, 6.45) is 0. The number of halogens is 40. The molecule has 520 valence electrons. The summed E-state index contributed by atoms with van der Waals surface area (Å²) >= 11 is 0. The van der Waals surface area contributed by atoms with Crippen molar-refractivity contribution < 1.29 is 176 Å². The van der Waals surface area contributed by atoms with Crippen LogP contribution in [-0.4, -0.2) is 0 Å². The van der Waals surface area contributed by atoms with Crippen LogP contribution in [0.2, 0.25) is 0 Å². The van der Waals surface area contributed by atoms with Gasteiger partial charge in [0.1, 0.15) is 0 Å². The van der Waals surface area contributed by atoms with Crippen LogP contribution in [0.1, 0.15) is 0 Å². The van der Waals surface area contributed by atoms with Crippen molar-refractivity contribution in [3.05, 3.63) is 233 Å². The van der Waals surface area contributed by atoms with E-state index in [1.165, 1.54) is 0 Å². The zero-order valence-corrected chi connectivity index (χ0v) is 45.1. The molecular weight excluding hydrogens is 1480 g/mol. The molecule has 100 heavy (non-hydrogen) atoms. The molecule has 0 saturated carbocycles. The molecule has 0 amide bonds. The van der Waals surface area contributed by atoms with Crippen LogP contribution in [0, 0.1) is 233 Å². The lowest BCUT2D eigenvalue weighted by Gasteiger charge is -2.20. The van der Waals surface area contributed by atoms with Gasteiger partial charge in [-0.2, -0.15) is 0 Å². The van der Waals surface area contributed by atoms with Crippen molar-refractivity contribution in [3.8, 4) is 111 Å². The molecule has 0 spiro atoms. The lowest BCUT2D eigenvalue weighted by Crippen LogP contribution is -2.14. The molecule has 0 radical (unpaired) electrons. The Morgan fingerprint density at radius 2 is 0.0700 bits per heavy atom. The normalized spacial score (nSPS) is 12.0. The molecule has 20 bridgehead atoms. The third-order valence-electron chi connectivity index (χ3n) is 15.1. The Labute approximate surface area is 519 Å². The first-order chi connectivity index (χ1) is 46.4. The maximum absolute atomic E-state index is 15.9. The Hall–Kier alpha value is -10.6. The Bertz CT molecular complexity index is 3790. The van der Waals surface area contributed by atoms with Crippen LogP contribution in [0.3, 0.4) is 0 Å². The van der Waals surface area contributed by atoms with Crippen molar-refractivity contribution in [1.82, 2.24) is 0 Å². The quantitative estimate of drug-likeness (QED) is 0.105. The zero-order valence-electron chi connectivity index (χ0n) is 45.1. The van der Waals surface area contributed by atoms with E-state index in [0.717, 1.165) is 0 Å². The molecule has 0 aliphatic heterocycles. The maximum Gasteiger partial charge on any atom is 0.170 e. The van der Waals surface area contributed by atoms with Crippen LogP contribution in [-0.2, 0) is 0 Å². The van der Waals surface area contributed by atoms with Gasteiger partial charge in [0.2, 0.25) is 0 Å². The molecule has 40 heteroatoms. The Kier molecular flexibility index (Phi) is 16.6. The van der Waals surface area contributed by atoms with E-state index < -0.39 is 344 Å². The van der Waals surface area contributed by atoms with Gasteiger partial charge in [0.05, 0.1) is 111 Å². The fourth-order valence-electron chi connectivity index (χ4n) is 10.7. The van der Waals surface area contributed by atoms with Gasteiger partial charge in [-0.05, 0) is 0 Å². The summed E-state index contributed by atoms with van der Waals surface area (Å²) in [7, 11) is 0. The topological polar surface area (TPSA) is 0 Å². The maximum atomic E-state index is 15.9. The minimum Gasteiger partial charge on any atom is -0.203 e. The molecule has 10 aromatic carbocycles. The van der Waals surface area contributed by atoms with Gasteiger partial charge in [0.15, 0.2) is 233 Å². The van der Waals surface area contributed by atoms with Gasteiger partial charge in [-0.15, -0.1) is 0 Å². The minimum atomic E-state index is -3.73. The summed E-state index contributed by atoms with van der Waals surface area (Å²) in [4.78, 5) is 0. The van der Waals surface area contributed by atoms with Gasteiger partial charge < -0.3 is 0 Å². The molecule has 10 aromatic rings. The fourth-order valence-corrected chi connectivity index (χ4v) is 10.7. The molecule has 0 aromatic heterocycles. The third kappa shape index (κ3) is 8.99. The van der Waals surface area contributed by atoms with Gasteiger partial charge in [0.25, 0.3) is 0 Å². The molecule has 28 aliphatic rings. The van der Waals surface area contributed by atoms with Gasteiger partial charge in [-0.1, -0.05) is 0 Å². The largest absolute Gasteiger partial charge is 0.203 e. The monoisotopic (exact) mass is 1480 g/mol. The van der Waals surface area contributed by atoms with E-state index in [1.807, 2.05) is 0 Å². The highest BCUT2D eigenvalue weighted by molar-refractivity contribution is 5.85. The first-order valence-corrected chi connectivity index (χ1v) is 25.1. The van der Waals surface area contributed by atoms with Crippen LogP contribution in [0.4, 0.5) is 176 Å². The van der Waals surface area contributed by atoms with Crippen molar-refractivity contribution in [2.45, 2.75) is 0 Å². The van der Waals surface area contributed by atoms with E-state index in [1.54, 1.807) is 0 Å². The molecular formula is C60F40. The molecule has 0 saturated heterocycles. The smallest absolute Gasteiger partial charge is 0.170 e. The third-order valence-corrected chi connectivity index (χ3v) is 15.1. The highest BCUT2D eigenvalue weighted by Gasteiger charge is 2.47. The van der Waals surface area contributed by atoms with Gasteiger partial charge in [-0.25, -0.2) is 176 Å². The molecule has 38 rings (SSSR count). The van der Waals surface area contributed by atoms with Crippen LogP contribution >= 0.6 is 0 Å². The van der Waals surface area contributed by atoms with E-state index >= 15 is 176 Å². The Balaban J connectivity index is 1.24. The predicted octanol–water partition coefficient (Wildman–Crippen LogP) is 22.2. The first kappa shape index (κ1) is 70.7. The second-order valence-electron chi connectivity index (χ2n) is 20.1. The molecule has 0 atom stereocenters. The zero-order chi connectivity index (χ0) is 74.6. The van der Waals surface area contributed by atoms with Gasteiger partial charge in [-0.3, -0.25) is 0 Å². The van der Waals surface area contributed by atoms with Gasteiger partial charge in [0, 0.05) is 0 Å². The lowest BCUT2D eigenvalue weighted by atomic mass is 9.89. The van der Waals surface area contributed by atoms with Crippen molar-refractivity contribution in [3.63, 3.8) is 0 Å².